The van der Waals surface area contributed by atoms with Gasteiger partial charge in [-0.3, -0.25) is 9.78 Å². The summed E-state index contributed by atoms with van der Waals surface area (Å²) in [6, 6.07) is 14.4. The predicted octanol–water partition coefficient (Wildman–Crippen LogP) is 6.81. The van der Waals surface area contributed by atoms with Crippen molar-refractivity contribution in [2.24, 2.45) is 11.7 Å². The lowest BCUT2D eigenvalue weighted by atomic mass is 9.87. The third-order valence-electron chi connectivity index (χ3n) is 7.86. The lowest BCUT2D eigenvalue weighted by Gasteiger charge is -2.30. The van der Waals surface area contributed by atoms with Gasteiger partial charge >= 0.3 is 6.18 Å². The summed E-state index contributed by atoms with van der Waals surface area (Å²) in [6.45, 7) is 5.64. The number of rotatable bonds is 11. The van der Waals surface area contributed by atoms with Crippen LogP contribution in [0.25, 0.3) is 5.69 Å². The van der Waals surface area contributed by atoms with Crippen molar-refractivity contribution < 1.29 is 26.9 Å². The van der Waals surface area contributed by atoms with Gasteiger partial charge in [-0.15, -0.1) is 4.72 Å². The van der Waals surface area contributed by atoms with Crippen molar-refractivity contribution >= 4 is 23.0 Å². The number of amides is 1. The van der Waals surface area contributed by atoms with Crippen LogP contribution in [0.3, 0.4) is 0 Å². The molecule has 13 heteroatoms. The third-order valence-corrected chi connectivity index (χ3v) is 9.47. The van der Waals surface area contributed by atoms with E-state index >= 15 is 4.39 Å². The van der Waals surface area contributed by atoms with Crippen molar-refractivity contribution in [1.82, 2.24) is 19.5 Å². The zero-order valence-corrected chi connectivity index (χ0v) is 26.5. The van der Waals surface area contributed by atoms with E-state index < -0.39 is 51.4 Å². The van der Waals surface area contributed by atoms with Gasteiger partial charge in [0.2, 0.25) is 0 Å². The van der Waals surface area contributed by atoms with E-state index in [1.54, 1.807) is 24.4 Å². The quantitative estimate of drug-likeness (QED) is 0.121. The summed E-state index contributed by atoms with van der Waals surface area (Å²) in [5.74, 6) is -1.28. The molecule has 2 heterocycles. The van der Waals surface area contributed by atoms with Crippen LogP contribution >= 0.6 is 0 Å². The first-order chi connectivity index (χ1) is 21.7. The Balaban J connectivity index is 1.49. The highest BCUT2D eigenvalue weighted by molar-refractivity contribution is 7.90. The fraction of sp³-hybridized carbons (Fsp3) is 0.364. The second kappa shape index (κ2) is 13.5. The second-order valence-corrected chi connectivity index (χ2v) is 14.4. The number of alkyl halides is 3. The molecule has 0 aliphatic heterocycles. The molecule has 4 N–H and O–H groups in total. The number of benzene rings is 2. The molecule has 0 radical (unpaired) electrons. The number of halogens is 4. The lowest BCUT2D eigenvalue weighted by Crippen LogP contribution is -2.41. The SMILES string of the molecule is CC(C)(C)[S@@+]([O-])N[C@H](C[C@@H](c1cccnc1)C1CC1)c1ccc(F)c(NC(=O)c2cc(C(F)(F)F)nn2-c2cccc(CN)c2)c1. The molecule has 2 aromatic heterocycles. The molecule has 5 rings (SSSR count). The maximum atomic E-state index is 15.2. The Morgan fingerprint density at radius 1 is 1.09 bits per heavy atom. The van der Waals surface area contributed by atoms with Crippen LogP contribution in [0.4, 0.5) is 23.2 Å². The second-order valence-electron chi connectivity index (χ2n) is 12.4. The van der Waals surface area contributed by atoms with Crippen molar-refractivity contribution in [3.8, 4) is 5.69 Å². The number of pyridine rings is 1. The standard InChI is InChI=1S/C33H36F4N6O2S/c1-32(2,3)46(45)42-27(16-25(21-9-10-21)23-7-5-13-39-19-23)22-11-12-26(34)28(15-22)40-31(44)29-17-30(33(35,36)37)41-43(29)24-8-4-6-20(14-24)18-38/h4-8,11-15,17,19,21,25,27,42H,9-10,16,18,38H2,1-3H3,(H,40,44)/t25-,27-,46-/m1/s1. The molecule has 1 amide bonds. The first-order valence-corrected chi connectivity index (χ1v) is 16.0. The Labute approximate surface area is 268 Å². The Hall–Kier alpha value is -3.78. The van der Waals surface area contributed by atoms with Crippen molar-refractivity contribution in [3.63, 3.8) is 0 Å². The molecule has 0 spiro atoms. The normalized spacial score (nSPS) is 15.8. The Morgan fingerprint density at radius 3 is 2.48 bits per heavy atom. The van der Waals surface area contributed by atoms with Gasteiger partial charge in [0.1, 0.15) is 16.3 Å². The number of carbonyl (C=O) groups is 1. The van der Waals surface area contributed by atoms with Gasteiger partial charge in [-0.25, -0.2) is 9.07 Å². The number of hydrogen-bond donors (Lipinski definition) is 3. The minimum atomic E-state index is -4.83. The zero-order chi connectivity index (χ0) is 33.2. The fourth-order valence-electron chi connectivity index (χ4n) is 5.24. The molecule has 1 saturated carbocycles. The van der Waals surface area contributed by atoms with E-state index in [-0.39, 0.29) is 23.8 Å². The van der Waals surface area contributed by atoms with Crippen LogP contribution in [-0.2, 0) is 24.1 Å². The molecule has 46 heavy (non-hydrogen) atoms. The average molecular weight is 657 g/mol. The van der Waals surface area contributed by atoms with Gasteiger partial charge in [-0.2, -0.15) is 18.3 Å². The zero-order valence-electron chi connectivity index (χ0n) is 25.6. The van der Waals surface area contributed by atoms with Crippen molar-refractivity contribution in [3.05, 3.63) is 107 Å². The van der Waals surface area contributed by atoms with Crippen LogP contribution in [0.2, 0.25) is 0 Å². The van der Waals surface area contributed by atoms with Gasteiger partial charge in [-0.05, 0) is 98.9 Å². The minimum Gasteiger partial charge on any atom is -0.598 e. The monoisotopic (exact) mass is 656 g/mol. The number of nitrogens with two attached hydrogens (primary N) is 1. The van der Waals surface area contributed by atoms with Crippen LogP contribution < -0.4 is 15.8 Å². The maximum absolute atomic E-state index is 15.2. The summed E-state index contributed by atoms with van der Waals surface area (Å²) < 4.78 is 73.1. The van der Waals surface area contributed by atoms with E-state index in [9.17, 15) is 22.5 Å². The molecule has 3 atom stereocenters. The minimum absolute atomic E-state index is 0.0886. The largest absolute Gasteiger partial charge is 0.598 e. The predicted molar refractivity (Wildman–Crippen MR) is 169 cm³/mol. The molecule has 2 aromatic carbocycles. The van der Waals surface area contributed by atoms with Crippen LogP contribution in [-0.4, -0.2) is 30.0 Å². The van der Waals surface area contributed by atoms with Crippen LogP contribution in [0.1, 0.15) is 84.9 Å². The molecule has 1 aliphatic rings. The molecule has 0 unspecified atom stereocenters. The van der Waals surface area contributed by atoms with E-state index in [0.717, 1.165) is 23.1 Å². The van der Waals surface area contributed by atoms with Crippen molar-refractivity contribution in [2.75, 3.05) is 5.32 Å². The van der Waals surface area contributed by atoms with E-state index in [1.165, 1.54) is 24.3 Å². The Morgan fingerprint density at radius 2 is 1.85 bits per heavy atom. The van der Waals surface area contributed by atoms with Crippen molar-refractivity contribution in [1.29, 1.82) is 0 Å². The first kappa shape index (κ1) is 33.6. The molecule has 1 aliphatic carbocycles. The van der Waals surface area contributed by atoms with E-state index in [4.69, 9.17) is 5.73 Å². The van der Waals surface area contributed by atoms with E-state index in [1.807, 2.05) is 39.1 Å². The molecule has 4 aromatic rings. The molecule has 1 fully saturated rings. The Kier molecular flexibility index (Phi) is 9.87. The lowest BCUT2D eigenvalue weighted by molar-refractivity contribution is -0.141. The average Bonchev–Trinajstić information content (AvgIpc) is 3.75. The van der Waals surface area contributed by atoms with E-state index in [0.29, 0.717) is 29.5 Å². The molecule has 8 nitrogen and oxygen atoms in total. The van der Waals surface area contributed by atoms with E-state index in [2.05, 4.69) is 20.1 Å². The highest BCUT2D eigenvalue weighted by atomic mass is 32.2. The topological polar surface area (TPSA) is 121 Å². The van der Waals surface area contributed by atoms with Crippen LogP contribution in [0.15, 0.2) is 73.1 Å². The highest BCUT2D eigenvalue weighted by Gasteiger charge is 2.38. The molecule has 0 saturated heterocycles. The molecule has 0 bridgehead atoms. The third kappa shape index (κ3) is 7.95. The number of aromatic nitrogens is 3. The highest BCUT2D eigenvalue weighted by Crippen LogP contribution is 2.47. The number of anilines is 1. The van der Waals surface area contributed by atoms with Crippen LogP contribution in [0.5, 0.6) is 0 Å². The van der Waals surface area contributed by atoms with Gasteiger partial charge in [-0.1, -0.05) is 24.3 Å². The number of carbonyl (C=O) groups excluding carboxylic acids is 1. The summed E-state index contributed by atoms with van der Waals surface area (Å²) >= 11 is -1.49. The van der Waals surface area contributed by atoms with Gasteiger partial charge in [0.15, 0.2) is 5.69 Å². The van der Waals surface area contributed by atoms with Gasteiger partial charge in [0, 0.05) is 36.4 Å². The molecular formula is C33H36F4N6O2S. The summed E-state index contributed by atoms with van der Waals surface area (Å²) in [6.07, 6.45) is 1.30. The smallest absolute Gasteiger partial charge is 0.435 e. The fourth-order valence-corrected chi connectivity index (χ4v) is 6.09. The summed E-state index contributed by atoms with van der Waals surface area (Å²) in [5, 5.41) is 6.09. The van der Waals surface area contributed by atoms with Gasteiger partial charge < -0.3 is 15.6 Å². The molecule has 244 valence electrons. The summed E-state index contributed by atoms with van der Waals surface area (Å²) in [4.78, 5) is 17.8. The van der Waals surface area contributed by atoms with Gasteiger partial charge in [0.25, 0.3) is 5.91 Å². The first-order valence-electron chi connectivity index (χ1n) is 14.9. The maximum Gasteiger partial charge on any atom is 0.435 e. The molecular weight excluding hydrogens is 620 g/mol. The van der Waals surface area contributed by atoms with Crippen molar-refractivity contribution in [2.45, 2.75) is 69.5 Å². The number of nitrogens with one attached hydrogen (secondary N) is 2. The number of nitrogens with zero attached hydrogens (tertiary/aromatic N) is 3. The summed E-state index contributed by atoms with van der Waals surface area (Å²) in [5.41, 5.74) is 6.15. The van der Waals surface area contributed by atoms with Gasteiger partial charge in [0.05, 0.1) is 17.4 Å². The van der Waals surface area contributed by atoms with Crippen LogP contribution in [0, 0.1) is 11.7 Å². The number of hydrogen-bond acceptors (Lipinski definition) is 6. The summed E-state index contributed by atoms with van der Waals surface area (Å²) in [7, 11) is 0. The Bertz CT molecular complexity index is 1670.